The highest BCUT2D eigenvalue weighted by atomic mass is 35.5. The molecule has 1 saturated carbocycles. The second kappa shape index (κ2) is 12.2. The Hall–Kier alpha value is -2.44. The van der Waals surface area contributed by atoms with Crippen LogP contribution in [0.4, 0.5) is 11.6 Å². The van der Waals surface area contributed by atoms with E-state index in [1.54, 1.807) is 6.20 Å². The molecule has 2 aromatic rings. The highest BCUT2D eigenvalue weighted by molar-refractivity contribution is 6.33. The Morgan fingerprint density at radius 2 is 1.84 bits per heavy atom. The van der Waals surface area contributed by atoms with Crippen molar-refractivity contribution in [2.24, 2.45) is 5.41 Å². The summed E-state index contributed by atoms with van der Waals surface area (Å²) in [5.74, 6) is 1.56. The van der Waals surface area contributed by atoms with E-state index < -0.39 is 5.41 Å². The van der Waals surface area contributed by atoms with Crippen molar-refractivity contribution in [2.75, 3.05) is 43.5 Å². The fourth-order valence-corrected chi connectivity index (χ4v) is 6.26. The molecule has 0 amide bonds. The summed E-state index contributed by atoms with van der Waals surface area (Å²) in [5.41, 5.74) is 1.21. The zero-order valence-corrected chi connectivity index (χ0v) is 23.2. The second-order valence-electron chi connectivity index (χ2n) is 11.2. The van der Waals surface area contributed by atoms with Crippen LogP contribution in [0.1, 0.15) is 52.4 Å². The summed E-state index contributed by atoms with van der Waals surface area (Å²) in [6, 6.07) is 11.4. The van der Waals surface area contributed by atoms with Gasteiger partial charge < -0.3 is 20.1 Å². The third-order valence-electron chi connectivity index (χ3n) is 8.19. The fourth-order valence-electron chi connectivity index (χ4n) is 6.06. The number of rotatable bonds is 7. The molecular weight excluding hydrogens is 500 g/mol. The zero-order valence-electron chi connectivity index (χ0n) is 22.5. The Morgan fingerprint density at radius 3 is 2.55 bits per heavy atom. The molecule has 38 heavy (non-hydrogen) atoms. The number of ether oxygens (including phenoxy) is 2. The first-order valence-corrected chi connectivity index (χ1v) is 14.3. The normalized spacial score (nSPS) is 27.8. The highest BCUT2D eigenvalue weighted by Crippen LogP contribution is 2.33. The van der Waals surface area contributed by atoms with Gasteiger partial charge in [0.05, 0.1) is 34.4 Å². The number of nitriles is 1. The molecule has 0 unspecified atom stereocenters. The number of morpholine rings is 1. The predicted octanol–water partition coefficient (Wildman–Crippen LogP) is 5.36. The van der Waals surface area contributed by atoms with E-state index in [9.17, 15) is 5.26 Å². The minimum atomic E-state index is -0.418. The Balaban J connectivity index is 1.20. The van der Waals surface area contributed by atoms with Crippen LogP contribution in [-0.4, -0.2) is 72.0 Å². The van der Waals surface area contributed by atoms with Crippen molar-refractivity contribution in [3.63, 3.8) is 0 Å². The maximum atomic E-state index is 9.75. The number of aromatic nitrogens is 2. The molecular formula is C29H39ClN6O2. The summed E-state index contributed by atoms with van der Waals surface area (Å²) in [6.45, 7) is 8.20. The van der Waals surface area contributed by atoms with Gasteiger partial charge in [-0.05, 0) is 70.6 Å². The molecule has 2 atom stereocenters. The van der Waals surface area contributed by atoms with Crippen molar-refractivity contribution in [1.82, 2.24) is 14.9 Å². The monoisotopic (exact) mass is 538 g/mol. The first kappa shape index (κ1) is 27.1. The van der Waals surface area contributed by atoms with Crippen LogP contribution in [0.25, 0.3) is 11.3 Å². The van der Waals surface area contributed by atoms with Gasteiger partial charge in [0.2, 0.25) is 0 Å². The maximum absolute atomic E-state index is 9.75. The number of halogens is 1. The Bertz CT molecular complexity index is 1120. The summed E-state index contributed by atoms with van der Waals surface area (Å²) in [7, 11) is 0. The minimum Gasteiger partial charge on any atom is -0.381 e. The van der Waals surface area contributed by atoms with Crippen LogP contribution in [-0.2, 0) is 9.47 Å². The number of nitrogens with one attached hydrogen (secondary N) is 2. The first-order valence-electron chi connectivity index (χ1n) is 13.9. The van der Waals surface area contributed by atoms with Crippen LogP contribution >= 0.6 is 11.6 Å². The van der Waals surface area contributed by atoms with Crippen molar-refractivity contribution >= 4 is 23.2 Å². The standard InChI is InChI=1S/C29H39ClN6O2/c1-20-16-36(17-21(2)38-20)23-8-6-22(7-9-23)34-28-14-24(25(30)15-32-28)26-4-3-5-27(35-26)33-19-29(18-31)10-12-37-13-11-29/h3-5,14-15,20-23H,6-13,16-17,19H2,1-2H3,(H,32,34)(H,33,35)/t20-,21+,22-,23+. The lowest BCUT2D eigenvalue weighted by molar-refractivity contribution is -0.0842. The van der Waals surface area contributed by atoms with Crippen molar-refractivity contribution in [2.45, 2.75) is 76.7 Å². The third kappa shape index (κ3) is 6.58. The molecule has 0 spiro atoms. The molecule has 2 aliphatic heterocycles. The van der Waals surface area contributed by atoms with E-state index in [-0.39, 0.29) is 0 Å². The number of pyridine rings is 2. The van der Waals surface area contributed by atoms with Crippen LogP contribution in [0.3, 0.4) is 0 Å². The van der Waals surface area contributed by atoms with Gasteiger partial charge in [-0.2, -0.15) is 5.26 Å². The molecule has 2 aromatic heterocycles. The van der Waals surface area contributed by atoms with Crippen molar-refractivity contribution in [1.29, 1.82) is 5.26 Å². The Labute approximate surface area is 231 Å². The van der Waals surface area contributed by atoms with Crippen LogP contribution in [0, 0.1) is 16.7 Å². The van der Waals surface area contributed by atoms with Gasteiger partial charge in [0, 0.05) is 56.7 Å². The van der Waals surface area contributed by atoms with Crippen LogP contribution in [0.2, 0.25) is 5.02 Å². The van der Waals surface area contributed by atoms with Crippen molar-refractivity contribution in [3.05, 3.63) is 35.5 Å². The number of anilines is 2. The lowest BCUT2D eigenvalue weighted by Crippen LogP contribution is -2.51. The molecule has 0 aromatic carbocycles. The molecule has 0 bridgehead atoms. The van der Waals surface area contributed by atoms with Crippen molar-refractivity contribution in [3.8, 4) is 17.3 Å². The molecule has 3 fully saturated rings. The lowest BCUT2D eigenvalue weighted by Gasteiger charge is -2.43. The molecule has 8 nitrogen and oxygen atoms in total. The average molecular weight is 539 g/mol. The molecule has 2 N–H and O–H groups in total. The molecule has 0 radical (unpaired) electrons. The van der Waals surface area contributed by atoms with Crippen LogP contribution < -0.4 is 10.6 Å². The van der Waals surface area contributed by atoms with Gasteiger partial charge in [-0.1, -0.05) is 17.7 Å². The summed E-state index contributed by atoms with van der Waals surface area (Å²) in [6.07, 6.45) is 8.39. The minimum absolute atomic E-state index is 0.308. The summed E-state index contributed by atoms with van der Waals surface area (Å²) >= 11 is 6.57. The van der Waals surface area contributed by atoms with E-state index in [4.69, 9.17) is 26.1 Å². The fraction of sp³-hybridized carbons (Fsp3) is 0.621. The van der Waals surface area contributed by atoms with Gasteiger partial charge in [0.1, 0.15) is 11.6 Å². The van der Waals surface area contributed by atoms with E-state index in [0.29, 0.717) is 49.1 Å². The van der Waals surface area contributed by atoms with Gasteiger partial charge in [0.15, 0.2) is 0 Å². The average Bonchev–Trinajstić information content (AvgIpc) is 2.93. The molecule has 2 saturated heterocycles. The number of nitrogens with zero attached hydrogens (tertiary/aromatic N) is 4. The smallest absolute Gasteiger partial charge is 0.126 e. The van der Waals surface area contributed by atoms with Crippen LogP contribution in [0.15, 0.2) is 30.5 Å². The SMILES string of the molecule is C[C@@H]1CN([C@H]2CC[C@@H](Nc3cc(-c4cccc(NCC5(C#N)CCOCC5)n4)c(Cl)cn3)CC2)C[C@H](C)O1. The predicted molar refractivity (Wildman–Crippen MR) is 150 cm³/mol. The van der Waals surface area contributed by atoms with E-state index in [2.05, 4.69) is 40.4 Å². The molecule has 1 aliphatic carbocycles. The number of hydrogen-bond acceptors (Lipinski definition) is 8. The largest absolute Gasteiger partial charge is 0.381 e. The van der Waals surface area contributed by atoms with Gasteiger partial charge in [-0.3, -0.25) is 4.90 Å². The number of hydrogen-bond donors (Lipinski definition) is 2. The van der Waals surface area contributed by atoms with E-state index in [1.807, 2.05) is 24.3 Å². The molecule has 9 heteroatoms. The molecule has 4 heterocycles. The third-order valence-corrected chi connectivity index (χ3v) is 8.49. The van der Waals surface area contributed by atoms with E-state index >= 15 is 0 Å². The van der Waals surface area contributed by atoms with E-state index in [0.717, 1.165) is 61.7 Å². The lowest BCUT2D eigenvalue weighted by atomic mass is 9.82. The Morgan fingerprint density at radius 1 is 1.11 bits per heavy atom. The highest BCUT2D eigenvalue weighted by Gasteiger charge is 2.33. The zero-order chi connectivity index (χ0) is 26.5. The van der Waals surface area contributed by atoms with Gasteiger partial charge in [-0.25, -0.2) is 9.97 Å². The molecule has 3 aliphatic rings. The van der Waals surface area contributed by atoms with Gasteiger partial charge in [0.25, 0.3) is 0 Å². The maximum Gasteiger partial charge on any atom is 0.126 e. The van der Waals surface area contributed by atoms with Crippen molar-refractivity contribution < 1.29 is 9.47 Å². The summed E-state index contributed by atoms with van der Waals surface area (Å²) in [4.78, 5) is 12.0. The van der Waals surface area contributed by atoms with Crippen LogP contribution in [0.5, 0.6) is 0 Å². The topological polar surface area (TPSA) is 95.3 Å². The quantitative estimate of drug-likeness (QED) is 0.486. The van der Waals surface area contributed by atoms with E-state index in [1.165, 1.54) is 12.8 Å². The molecule has 204 valence electrons. The first-order chi connectivity index (χ1) is 18.4. The molecule has 5 rings (SSSR count). The summed E-state index contributed by atoms with van der Waals surface area (Å²) < 4.78 is 11.4. The second-order valence-corrected chi connectivity index (χ2v) is 11.6. The van der Waals surface area contributed by atoms with Gasteiger partial charge >= 0.3 is 0 Å². The summed E-state index contributed by atoms with van der Waals surface area (Å²) in [5, 5.41) is 17.3. The Kier molecular flexibility index (Phi) is 8.69. The van der Waals surface area contributed by atoms with Gasteiger partial charge in [-0.15, -0.1) is 0 Å².